The SMILES string of the molecule is COc1cccc(NC(=O)N2CCC3(CC2)CC[C@@]2(C(=O)N(C)C)CN(C)C[C@@H]32)c1. The molecular weight excluding hydrogens is 380 g/mol. The fraction of sp³-hybridized carbons (Fsp3) is 0.652. The van der Waals surface area contributed by atoms with E-state index in [9.17, 15) is 9.59 Å². The number of fused-ring (bicyclic) bond motifs is 2. The van der Waals surface area contributed by atoms with Crippen LogP contribution in [0.4, 0.5) is 10.5 Å². The lowest BCUT2D eigenvalue weighted by molar-refractivity contribution is -0.141. The Labute approximate surface area is 179 Å². The minimum atomic E-state index is -0.247. The van der Waals surface area contributed by atoms with Gasteiger partial charge < -0.3 is 24.8 Å². The Morgan fingerprint density at radius 1 is 1.17 bits per heavy atom. The smallest absolute Gasteiger partial charge is 0.321 e. The quantitative estimate of drug-likeness (QED) is 0.826. The maximum absolute atomic E-state index is 13.2. The van der Waals surface area contributed by atoms with E-state index in [1.807, 2.05) is 43.3 Å². The molecule has 1 aromatic rings. The van der Waals surface area contributed by atoms with E-state index >= 15 is 0 Å². The Balaban J connectivity index is 1.43. The summed E-state index contributed by atoms with van der Waals surface area (Å²) in [6.07, 6.45) is 4.00. The Kier molecular flexibility index (Phi) is 5.43. The van der Waals surface area contributed by atoms with Crippen LogP contribution in [0.15, 0.2) is 24.3 Å². The van der Waals surface area contributed by atoms with Gasteiger partial charge in [-0.25, -0.2) is 4.79 Å². The molecule has 1 saturated carbocycles. The van der Waals surface area contributed by atoms with E-state index in [0.717, 1.165) is 63.3 Å². The third kappa shape index (κ3) is 3.43. The van der Waals surface area contributed by atoms with Gasteiger partial charge in [0.1, 0.15) is 5.75 Å². The summed E-state index contributed by atoms with van der Waals surface area (Å²) in [7, 11) is 7.51. The molecule has 1 N–H and O–H groups in total. The van der Waals surface area contributed by atoms with E-state index in [-0.39, 0.29) is 22.8 Å². The van der Waals surface area contributed by atoms with Gasteiger partial charge in [0.25, 0.3) is 0 Å². The Bertz CT molecular complexity index is 818. The van der Waals surface area contributed by atoms with Crippen molar-refractivity contribution in [3.63, 3.8) is 0 Å². The van der Waals surface area contributed by atoms with Gasteiger partial charge in [-0.15, -0.1) is 0 Å². The van der Waals surface area contributed by atoms with Gasteiger partial charge >= 0.3 is 6.03 Å². The van der Waals surface area contributed by atoms with Crippen molar-refractivity contribution in [1.29, 1.82) is 0 Å². The number of urea groups is 1. The third-order valence-corrected chi connectivity index (χ3v) is 7.72. The van der Waals surface area contributed by atoms with Crippen molar-refractivity contribution >= 4 is 17.6 Å². The minimum Gasteiger partial charge on any atom is -0.497 e. The molecule has 0 aromatic heterocycles. The highest BCUT2D eigenvalue weighted by molar-refractivity contribution is 5.89. The van der Waals surface area contributed by atoms with Gasteiger partial charge in [-0.1, -0.05) is 6.07 Å². The molecule has 164 valence electrons. The van der Waals surface area contributed by atoms with Crippen molar-refractivity contribution in [2.24, 2.45) is 16.7 Å². The second kappa shape index (κ2) is 7.76. The number of hydrogen-bond acceptors (Lipinski definition) is 4. The fourth-order valence-electron chi connectivity index (χ4n) is 6.25. The first-order valence-corrected chi connectivity index (χ1v) is 10.9. The Hall–Kier alpha value is -2.28. The molecule has 0 radical (unpaired) electrons. The molecule has 7 heteroatoms. The van der Waals surface area contributed by atoms with Crippen molar-refractivity contribution in [2.75, 3.05) is 59.7 Å². The van der Waals surface area contributed by atoms with Gasteiger partial charge in [-0.05, 0) is 56.2 Å². The van der Waals surface area contributed by atoms with Crippen LogP contribution in [0.2, 0.25) is 0 Å². The minimum absolute atomic E-state index is 0.0599. The van der Waals surface area contributed by atoms with Gasteiger partial charge in [0.2, 0.25) is 5.91 Å². The van der Waals surface area contributed by atoms with Gasteiger partial charge in [-0.3, -0.25) is 4.79 Å². The number of amides is 3. The second-order valence-corrected chi connectivity index (χ2v) is 9.62. The number of nitrogens with one attached hydrogen (secondary N) is 1. The van der Waals surface area contributed by atoms with E-state index in [0.29, 0.717) is 5.92 Å². The molecule has 3 aliphatic rings. The average Bonchev–Trinajstić information content (AvgIpc) is 3.23. The van der Waals surface area contributed by atoms with Crippen LogP contribution in [0, 0.1) is 16.7 Å². The van der Waals surface area contributed by atoms with Crippen LogP contribution >= 0.6 is 0 Å². The first kappa shape index (κ1) is 21.0. The third-order valence-electron chi connectivity index (χ3n) is 7.72. The monoisotopic (exact) mass is 414 g/mol. The summed E-state index contributed by atoms with van der Waals surface area (Å²) in [6, 6.07) is 7.38. The summed E-state index contributed by atoms with van der Waals surface area (Å²) >= 11 is 0. The first-order valence-electron chi connectivity index (χ1n) is 10.9. The Morgan fingerprint density at radius 3 is 2.57 bits per heavy atom. The molecule has 1 spiro atoms. The normalized spacial score (nSPS) is 27.7. The molecular formula is C23H34N4O3. The highest BCUT2D eigenvalue weighted by Gasteiger charge is 2.64. The lowest BCUT2D eigenvalue weighted by atomic mass is 9.65. The summed E-state index contributed by atoms with van der Waals surface area (Å²) in [5, 5.41) is 3.00. The largest absolute Gasteiger partial charge is 0.497 e. The number of ether oxygens (including phenoxy) is 1. The predicted octanol–water partition coefficient (Wildman–Crippen LogP) is 2.74. The molecule has 7 nitrogen and oxygen atoms in total. The number of hydrogen-bond donors (Lipinski definition) is 1. The van der Waals surface area contributed by atoms with Crippen molar-refractivity contribution in [3.8, 4) is 5.75 Å². The standard InChI is InChI=1S/C23H34N4O3/c1-25(2)20(28)23-9-8-22(19(23)15-26(3)16-23)10-12-27(13-11-22)21(29)24-17-6-5-7-18(14-17)30-4/h5-7,14,19H,8-13,15-16H2,1-4H3,(H,24,29)/t19-,23+/m0/s1. The van der Waals surface area contributed by atoms with Crippen molar-refractivity contribution in [1.82, 2.24) is 14.7 Å². The molecule has 1 aliphatic carbocycles. The molecule has 2 atom stereocenters. The van der Waals surface area contributed by atoms with E-state index in [1.54, 1.807) is 12.0 Å². The number of rotatable bonds is 3. The average molecular weight is 415 g/mol. The zero-order chi connectivity index (χ0) is 21.5. The van der Waals surface area contributed by atoms with Crippen LogP contribution < -0.4 is 10.1 Å². The predicted molar refractivity (Wildman–Crippen MR) is 117 cm³/mol. The number of piperidine rings is 1. The maximum Gasteiger partial charge on any atom is 0.321 e. The number of nitrogens with zero attached hydrogens (tertiary/aromatic N) is 3. The number of carbonyl (C=O) groups excluding carboxylic acids is 2. The number of benzene rings is 1. The number of methoxy groups -OCH3 is 1. The van der Waals surface area contributed by atoms with Crippen LogP contribution in [0.3, 0.4) is 0 Å². The molecule has 2 heterocycles. The number of likely N-dealkylation sites (tertiary alicyclic amines) is 2. The van der Waals surface area contributed by atoms with Gasteiger partial charge in [0, 0.05) is 52.0 Å². The van der Waals surface area contributed by atoms with Crippen LogP contribution in [0.5, 0.6) is 5.75 Å². The lowest BCUT2D eigenvalue weighted by Gasteiger charge is -2.44. The van der Waals surface area contributed by atoms with Crippen molar-refractivity contribution in [3.05, 3.63) is 24.3 Å². The summed E-state index contributed by atoms with van der Waals surface area (Å²) in [5.41, 5.74) is 0.667. The molecule has 3 amide bonds. The van der Waals surface area contributed by atoms with E-state index in [1.165, 1.54) is 0 Å². The molecule has 1 aromatic carbocycles. The van der Waals surface area contributed by atoms with Crippen LogP contribution in [-0.4, -0.2) is 81.1 Å². The molecule has 0 unspecified atom stereocenters. The first-order chi connectivity index (χ1) is 14.3. The zero-order valence-corrected chi connectivity index (χ0v) is 18.6. The van der Waals surface area contributed by atoms with Crippen LogP contribution in [0.25, 0.3) is 0 Å². The molecule has 2 saturated heterocycles. The maximum atomic E-state index is 13.2. The lowest BCUT2D eigenvalue weighted by Crippen LogP contribution is -2.50. The number of carbonyl (C=O) groups is 2. The topological polar surface area (TPSA) is 65.1 Å². The molecule has 30 heavy (non-hydrogen) atoms. The molecule has 3 fully saturated rings. The summed E-state index contributed by atoms with van der Waals surface area (Å²) in [5.74, 6) is 1.39. The van der Waals surface area contributed by atoms with Crippen molar-refractivity contribution in [2.45, 2.75) is 25.7 Å². The zero-order valence-electron chi connectivity index (χ0n) is 18.6. The number of anilines is 1. The summed E-state index contributed by atoms with van der Waals surface area (Å²) in [6.45, 7) is 3.32. The van der Waals surface area contributed by atoms with Crippen LogP contribution in [-0.2, 0) is 4.79 Å². The van der Waals surface area contributed by atoms with Crippen molar-refractivity contribution < 1.29 is 14.3 Å². The van der Waals surface area contributed by atoms with Gasteiger partial charge in [0.15, 0.2) is 0 Å². The highest BCUT2D eigenvalue weighted by Crippen LogP contribution is 2.62. The Morgan fingerprint density at radius 2 is 1.90 bits per heavy atom. The molecule has 2 aliphatic heterocycles. The second-order valence-electron chi connectivity index (χ2n) is 9.62. The fourth-order valence-corrected chi connectivity index (χ4v) is 6.25. The summed E-state index contributed by atoms with van der Waals surface area (Å²) < 4.78 is 5.24. The van der Waals surface area contributed by atoms with E-state index in [4.69, 9.17) is 4.74 Å². The van der Waals surface area contributed by atoms with E-state index < -0.39 is 0 Å². The molecule has 0 bridgehead atoms. The molecule has 4 rings (SSSR count). The van der Waals surface area contributed by atoms with Gasteiger partial charge in [0.05, 0.1) is 12.5 Å². The highest BCUT2D eigenvalue weighted by atomic mass is 16.5. The summed E-state index contributed by atoms with van der Waals surface area (Å²) in [4.78, 5) is 32.0. The van der Waals surface area contributed by atoms with Gasteiger partial charge in [-0.2, -0.15) is 0 Å². The van der Waals surface area contributed by atoms with Crippen LogP contribution in [0.1, 0.15) is 25.7 Å². The van der Waals surface area contributed by atoms with E-state index in [2.05, 4.69) is 17.3 Å².